The van der Waals surface area contributed by atoms with Crippen LogP contribution in [-0.4, -0.2) is 29.9 Å². The van der Waals surface area contributed by atoms with E-state index in [1.54, 1.807) is 25.1 Å². The molecule has 0 saturated carbocycles. The molecule has 0 fully saturated rings. The van der Waals surface area contributed by atoms with Crippen LogP contribution in [0.15, 0.2) is 52.4 Å². The molecule has 7 heteroatoms. The Balaban J connectivity index is 2.44. The quantitative estimate of drug-likeness (QED) is 0.894. The summed E-state index contributed by atoms with van der Waals surface area (Å²) >= 11 is 0. The van der Waals surface area contributed by atoms with Crippen LogP contribution in [0.4, 0.5) is 0 Å². The molecule has 2 N–H and O–H groups in total. The van der Waals surface area contributed by atoms with Gasteiger partial charge in [0.15, 0.2) is 0 Å². The summed E-state index contributed by atoms with van der Waals surface area (Å²) in [4.78, 5) is 14.0. The predicted molar refractivity (Wildman–Crippen MR) is 78.5 cm³/mol. The Morgan fingerprint density at radius 3 is 2.52 bits per heavy atom. The monoisotopic (exact) mass is 308 g/mol. The first-order valence-electron chi connectivity index (χ1n) is 6.28. The lowest BCUT2D eigenvalue weighted by Gasteiger charge is -2.24. The average molecular weight is 308 g/mol. The van der Waals surface area contributed by atoms with Gasteiger partial charge in [-0.3, -0.25) is 4.79 Å². The number of rotatable bonds is 4. The van der Waals surface area contributed by atoms with Gasteiger partial charge in [-0.25, -0.2) is 8.42 Å². The number of para-hydroxylation sites is 1. The van der Waals surface area contributed by atoms with Crippen LogP contribution in [0.25, 0.3) is 0 Å². The fourth-order valence-electron chi connectivity index (χ4n) is 2.00. The van der Waals surface area contributed by atoms with E-state index in [-0.39, 0.29) is 10.6 Å². The van der Waals surface area contributed by atoms with Crippen molar-refractivity contribution in [1.29, 1.82) is 0 Å². The van der Waals surface area contributed by atoms with Gasteiger partial charge in [-0.15, -0.1) is 0 Å². The van der Waals surface area contributed by atoms with Crippen LogP contribution in [0.2, 0.25) is 0 Å². The van der Waals surface area contributed by atoms with Gasteiger partial charge in [-0.1, -0.05) is 18.2 Å². The fraction of sp³-hybridized carbons (Fsp3) is 0.214. The molecule has 2 aromatic rings. The molecule has 0 aliphatic carbocycles. The first-order valence-corrected chi connectivity index (χ1v) is 7.72. The van der Waals surface area contributed by atoms with Crippen molar-refractivity contribution in [2.24, 2.45) is 0 Å². The zero-order chi connectivity index (χ0) is 15.6. The van der Waals surface area contributed by atoms with Gasteiger partial charge in [0.1, 0.15) is 10.6 Å². The number of H-pyrrole nitrogens is 1. The number of pyridine rings is 1. The molecule has 21 heavy (non-hydrogen) atoms. The van der Waals surface area contributed by atoms with Gasteiger partial charge in [0.2, 0.25) is 15.5 Å². The Morgan fingerprint density at radius 2 is 1.90 bits per heavy atom. The number of aromatic nitrogens is 1. The van der Waals surface area contributed by atoms with Gasteiger partial charge in [0.25, 0.3) is 0 Å². The van der Waals surface area contributed by atoms with Crippen molar-refractivity contribution < 1.29 is 13.5 Å². The van der Waals surface area contributed by atoms with Gasteiger partial charge < -0.3 is 10.1 Å². The van der Waals surface area contributed by atoms with Crippen LogP contribution in [0.3, 0.4) is 0 Å². The lowest BCUT2D eigenvalue weighted by molar-refractivity contribution is 0.380. The second kappa shape index (κ2) is 5.71. The minimum Gasteiger partial charge on any atom is -0.508 e. The minimum absolute atomic E-state index is 0.00835. The van der Waals surface area contributed by atoms with E-state index in [1.807, 2.05) is 0 Å². The highest BCUT2D eigenvalue weighted by molar-refractivity contribution is 7.89. The first kappa shape index (κ1) is 15.3. The van der Waals surface area contributed by atoms with Crippen LogP contribution in [0.1, 0.15) is 18.5 Å². The molecule has 1 aromatic carbocycles. The molecule has 2 rings (SSSR count). The summed E-state index contributed by atoms with van der Waals surface area (Å²) < 4.78 is 26.1. The maximum atomic E-state index is 12.5. The highest BCUT2D eigenvalue weighted by Gasteiger charge is 2.29. The number of phenolic OH excluding ortho intramolecular Hbond substituents is 1. The molecule has 0 spiro atoms. The van der Waals surface area contributed by atoms with Gasteiger partial charge in [0, 0.05) is 31.1 Å². The Hall–Kier alpha value is -2.12. The summed E-state index contributed by atoms with van der Waals surface area (Å²) in [5.74, 6) is 0.00835. The molecule has 1 aromatic heterocycles. The van der Waals surface area contributed by atoms with E-state index in [0.29, 0.717) is 5.56 Å². The predicted octanol–water partition coefficient (Wildman–Crippen LogP) is 1.46. The Bertz CT molecular complexity index is 798. The van der Waals surface area contributed by atoms with Gasteiger partial charge in [0.05, 0.1) is 6.04 Å². The number of sulfonamides is 1. The second-order valence-electron chi connectivity index (χ2n) is 4.63. The maximum Gasteiger partial charge on any atom is 0.248 e. The van der Waals surface area contributed by atoms with Gasteiger partial charge >= 0.3 is 0 Å². The Labute approximate surface area is 122 Å². The summed E-state index contributed by atoms with van der Waals surface area (Å²) in [6, 6.07) is 7.04. The van der Waals surface area contributed by atoms with Crippen molar-refractivity contribution in [2.75, 3.05) is 7.05 Å². The molecule has 112 valence electrons. The third-order valence-corrected chi connectivity index (χ3v) is 5.33. The van der Waals surface area contributed by atoms with Crippen molar-refractivity contribution in [2.45, 2.75) is 17.9 Å². The molecule has 0 aliphatic heterocycles. The largest absolute Gasteiger partial charge is 0.508 e. The molecule has 0 saturated heterocycles. The third kappa shape index (κ3) is 2.84. The number of nitrogens with zero attached hydrogens (tertiary/aromatic N) is 1. The van der Waals surface area contributed by atoms with Crippen LogP contribution in [0.5, 0.6) is 5.75 Å². The van der Waals surface area contributed by atoms with Crippen LogP contribution >= 0.6 is 0 Å². The fourth-order valence-corrected chi connectivity index (χ4v) is 3.38. The number of aromatic hydroxyl groups is 1. The summed E-state index contributed by atoms with van der Waals surface area (Å²) in [5.41, 5.74) is -0.110. The molecule has 0 amide bonds. The molecule has 6 nitrogen and oxygen atoms in total. The Kier molecular flexibility index (Phi) is 4.15. The van der Waals surface area contributed by atoms with E-state index in [0.717, 1.165) is 16.6 Å². The molecule has 0 bridgehead atoms. The number of aromatic amines is 1. The standard InChI is InChI=1S/C14H16N2O4S/c1-10(11-5-3-4-6-12(11)17)16(2)21(19,20)14-9-15-8-7-13(14)18/h3-10,17H,1-2H3,(H,15,18). The maximum absolute atomic E-state index is 12.5. The van der Waals surface area contributed by atoms with Crippen LogP contribution in [-0.2, 0) is 10.0 Å². The summed E-state index contributed by atoms with van der Waals surface area (Å²) in [7, 11) is -2.58. The Morgan fingerprint density at radius 1 is 1.24 bits per heavy atom. The number of benzene rings is 1. The highest BCUT2D eigenvalue weighted by Crippen LogP contribution is 2.29. The van der Waals surface area contributed by atoms with E-state index < -0.39 is 21.5 Å². The molecule has 0 radical (unpaired) electrons. The zero-order valence-electron chi connectivity index (χ0n) is 11.6. The number of hydrogen-bond donors (Lipinski definition) is 2. The van der Waals surface area contributed by atoms with Crippen molar-refractivity contribution in [3.63, 3.8) is 0 Å². The molecule has 0 aliphatic rings. The van der Waals surface area contributed by atoms with Crippen LogP contribution < -0.4 is 5.43 Å². The van der Waals surface area contributed by atoms with E-state index >= 15 is 0 Å². The highest BCUT2D eigenvalue weighted by atomic mass is 32.2. The molecule has 1 atom stereocenters. The lowest BCUT2D eigenvalue weighted by Crippen LogP contribution is -2.32. The molecule has 1 unspecified atom stereocenters. The number of phenols is 1. The summed E-state index contributed by atoms with van der Waals surface area (Å²) in [6.07, 6.45) is 2.53. The van der Waals surface area contributed by atoms with E-state index in [1.165, 1.54) is 19.3 Å². The topological polar surface area (TPSA) is 90.5 Å². The molecular formula is C14H16N2O4S. The van der Waals surface area contributed by atoms with Gasteiger partial charge in [-0.2, -0.15) is 4.31 Å². The normalized spacial score (nSPS) is 13.3. The van der Waals surface area contributed by atoms with Crippen molar-refractivity contribution >= 4 is 10.0 Å². The molecule has 1 heterocycles. The van der Waals surface area contributed by atoms with Crippen molar-refractivity contribution in [3.05, 3.63) is 58.5 Å². The van der Waals surface area contributed by atoms with E-state index in [4.69, 9.17) is 0 Å². The zero-order valence-corrected chi connectivity index (χ0v) is 12.5. The lowest BCUT2D eigenvalue weighted by atomic mass is 10.1. The summed E-state index contributed by atoms with van der Waals surface area (Å²) in [6.45, 7) is 1.64. The van der Waals surface area contributed by atoms with E-state index in [9.17, 15) is 18.3 Å². The van der Waals surface area contributed by atoms with Crippen molar-refractivity contribution in [1.82, 2.24) is 9.29 Å². The van der Waals surface area contributed by atoms with E-state index in [2.05, 4.69) is 4.98 Å². The number of nitrogens with one attached hydrogen (secondary N) is 1. The summed E-state index contributed by atoms with van der Waals surface area (Å²) in [5, 5.41) is 9.83. The first-order chi connectivity index (χ1) is 9.85. The van der Waals surface area contributed by atoms with Crippen molar-refractivity contribution in [3.8, 4) is 5.75 Å². The molecular weight excluding hydrogens is 292 g/mol. The average Bonchev–Trinajstić information content (AvgIpc) is 2.46. The second-order valence-corrected chi connectivity index (χ2v) is 6.59. The third-order valence-electron chi connectivity index (χ3n) is 3.38. The van der Waals surface area contributed by atoms with Gasteiger partial charge in [-0.05, 0) is 13.0 Å². The smallest absolute Gasteiger partial charge is 0.248 e. The SMILES string of the molecule is CC(c1ccccc1O)N(C)S(=O)(=O)c1c[nH]ccc1=O. The number of hydrogen-bond acceptors (Lipinski definition) is 4. The minimum atomic E-state index is -3.96. The van der Waals surface area contributed by atoms with Crippen LogP contribution in [0, 0.1) is 0 Å².